The second-order valence-electron chi connectivity index (χ2n) is 8.30. The van der Waals surface area contributed by atoms with Crippen LogP contribution in [0.1, 0.15) is 65.2 Å². The van der Waals surface area contributed by atoms with Gasteiger partial charge >= 0.3 is 0 Å². The lowest BCUT2D eigenvalue weighted by atomic mass is 9.47. The minimum atomic E-state index is -0.336. The van der Waals surface area contributed by atoms with Crippen LogP contribution in [0, 0.1) is 16.7 Å². The highest BCUT2D eigenvalue weighted by molar-refractivity contribution is 6.17. The molecule has 0 bridgehead atoms. The molecule has 3 rings (SSSR count). The number of ether oxygens (including phenoxy) is 2. The summed E-state index contributed by atoms with van der Waals surface area (Å²) in [5.74, 6) is 0.892. The molecule has 0 aromatic carbocycles. The van der Waals surface area contributed by atoms with Crippen LogP contribution in [0.15, 0.2) is 11.6 Å². The van der Waals surface area contributed by atoms with Crippen molar-refractivity contribution in [1.82, 2.24) is 0 Å². The quantitative estimate of drug-likeness (QED) is 0.575. The topological polar surface area (TPSA) is 38.7 Å². The van der Waals surface area contributed by atoms with Gasteiger partial charge in [-0.15, -0.1) is 11.6 Å². The van der Waals surface area contributed by atoms with Gasteiger partial charge in [-0.3, -0.25) is 0 Å². The molecular weight excluding hydrogens is 324 g/mol. The van der Waals surface area contributed by atoms with Gasteiger partial charge in [-0.05, 0) is 62.2 Å². The fraction of sp³-hybridized carbons (Fsp3) is 0.900. The van der Waals surface area contributed by atoms with E-state index in [9.17, 15) is 5.11 Å². The van der Waals surface area contributed by atoms with Crippen LogP contribution in [-0.4, -0.2) is 36.6 Å². The number of rotatable bonds is 5. The van der Waals surface area contributed by atoms with Gasteiger partial charge in [0.1, 0.15) is 0 Å². The Morgan fingerprint density at radius 2 is 1.83 bits per heavy atom. The van der Waals surface area contributed by atoms with Crippen molar-refractivity contribution >= 4 is 11.6 Å². The van der Waals surface area contributed by atoms with E-state index in [2.05, 4.69) is 19.9 Å². The van der Waals surface area contributed by atoms with E-state index in [-0.39, 0.29) is 23.2 Å². The molecule has 1 saturated heterocycles. The van der Waals surface area contributed by atoms with Crippen molar-refractivity contribution in [3.8, 4) is 0 Å². The Bertz CT molecular complexity index is 460. The van der Waals surface area contributed by atoms with Gasteiger partial charge in [0.2, 0.25) is 0 Å². The Morgan fingerprint density at radius 1 is 1.17 bits per heavy atom. The summed E-state index contributed by atoms with van der Waals surface area (Å²) in [4.78, 5) is 0. The van der Waals surface area contributed by atoms with Crippen LogP contribution in [-0.2, 0) is 9.47 Å². The summed E-state index contributed by atoms with van der Waals surface area (Å²) in [5.41, 5.74) is 1.86. The van der Waals surface area contributed by atoms with Crippen molar-refractivity contribution in [3.05, 3.63) is 11.6 Å². The number of allylic oxidation sites excluding steroid dienone is 2. The van der Waals surface area contributed by atoms with Crippen molar-refractivity contribution < 1.29 is 14.6 Å². The summed E-state index contributed by atoms with van der Waals surface area (Å²) >= 11 is 6.17. The Balaban J connectivity index is 1.87. The van der Waals surface area contributed by atoms with Crippen LogP contribution in [0.5, 0.6) is 0 Å². The lowest BCUT2D eigenvalue weighted by molar-refractivity contribution is -0.209. The molecule has 2 fully saturated rings. The molecular formula is C20H33ClO3. The fourth-order valence-corrected chi connectivity index (χ4v) is 6.14. The highest BCUT2D eigenvalue weighted by Gasteiger charge is 2.56. The van der Waals surface area contributed by atoms with Crippen LogP contribution < -0.4 is 0 Å². The van der Waals surface area contributed by atoms with Gasteiger partial charge in [-0.2, -0.15) is 0 Å². The van der Waals surface area contributed by atoms with E-state index in [4.69, 9.17) is 21.1 Å². The number of hydrogen-bond acceptors (Lipinski definition) is 3. The molecule has 3 nitrogen and oxygen atoms in total. The van der Waals surface area contributed by atoms with E-state index in [1.54, 1.807) is 0 Å². The predicted molar refractivity (Wildman–Crippen MR) is 97.2 cm³/mol. The normalized spacial score (nSPS) is 35.2. The number of aliphatic hydroxyl groups is 1. The number of alkyl halides is 1. The molecule has 1 heterocycles. The largest absolute Gasteiger partial charge is 0.396 e. The third-order valence-electron chi connectivity index (χ3n) is 7.43. The van der Waals surface area contributed by atoms with Crippen molar-refractivity contribution in [1.29, 1.82) is 0 Å². The van der Waals surface area contributed by atoms with Gasteiger partial charge in [0.25, 0.3) is 0 Å². The summed E-state index contributed by atoms with van der Waals surface area (Å²) in [6, 6.07) is 0. The molecule has 0 aromatic heterocycles. The minimum Gasteiger partial charge on any atom is -0.396 e. The van der Waals surface area contributed by atoms with Crippen molar-refractivity contribution in [3.63, 3.8) is 0 Å². The highest BCUT2D eigenvalue weighted by Crippen LogP contribution is 2.63. The van der Waals surface area contributed by atoms with Gasteiger partial charge in [0.05, 0.1) is 13.2 Å². The first kappa shape index (κ1) is 18.7. The van der Waals surface area contributed by atoms with Crippen LogP contribution >= 0.6 is 11.6 Å². The lowest BCUT2D eigenvalue weighted by Gasteiger charge is -2.58. The maximum Gasteiger partial charge on any atom is 0.168 e. The van der Waals surface area contributed by atoms with Crippen molar-refractivity contribution in [2.45, 2.75) is 71.0 Å². The maximum absolute atomic E-state index is 9.86. The lowest BCUT2D eigenvalue weighted by Crippen LogP contribution is -2.52. The monoisotopic (exact) mass is 356 g/mol. The maximum atomic E-state index is 9.86. The SMILES string of the molecule is CC1=CCC[C@](C)(C2(CCO)CCC3(CC2)OCCO3)[C@H]1CCCl. The van der Waals surface area contributed by atoms with E-state index >= 15 is 0 Å². The van der Waals surface area contributed by atoms with E-state index in [1.165, 1.54) is 12.0 Å². The van der Waals surface area contributed by atoms with Crippen LogP contribution in [0.2, 0.25) is 0 Å². The fourth-order valence-electron chi connectivity index (χ4n) is 5.92. The van der Waals surface area contributed by atoms with Gasteiger partial charge < -0.3 is 14.6 Å². The molecule has 138 valence electrons. The molecule has 1 aliphatic heterocycles. The summed E-state index contributed by atoms with van der Waals surface area (Å²) in [5, 5.41) is 9.86. The molecule has 0 aromatic rings. The Kier molecular flexibility index (Phi) is 5.66. The van der Waals surface area contributed by atoms with E-state index in [0.29, 0.717) is 11.8 Å². The van der Waals surface area contributed by atoms with Crippen molar-refractivity contribution in [2.24, 2.45) is 16.7 Å². The zero-order valence-corrected chi connectivity index (χ0v) is 16.0. The van der Waals surface area contributed by atoms with Gasteiger partial charge in [-0.1, -0.05) is 18.6 Å². The molecule has 1 N–H and O–H groups in total. The van der Waals surface area contributed by atoms with Gasteiger partial charge in [0, 0.05) is 25.3 Å². The van der Waals surface area contributed by atoms with Crippen LogP contribution in [0.4, 0.5) is 0 Å². The number of aliphatic hydroxyl groups excluding tert-OH is 1. The summed E-state index contributed by atoms with van der Waals surface area (Å²) in [6.07, 6.45) is 10.7. The summed E-state index contributed by atoms with van der Waals surface area (Å²) in [7, 11) is 0. The Labute approximate surface area is 151 Å². The molecule has 2 aliphatic carbocycles. The average Bonchev–Trinajstić information content (AvgIpc) is 3.02. The zero-order valence-electron chi connectivity index (χ0n) is 15.3. The molecule has 4 heteroatoms. The van der Waals surface area contributed by atoms with Gasteiger partial charge in [-0.25, -0.2) is 0 Å². The average molecular weight is 357 g/mol. The molecule has 0 unspecified atom stereocenters. The second-order valence-corrected chi connectivity index (χ2v) is 8.67. The third-order valence-corrected chi connectivity index (χ3v) is 7.65. The number of halogens is 1. The molecule has 24 heavy (non-hydrogen) atoms. The third kappa shape index (κ3) is 3.06. The minimum absolute atomic E-state index is 0.161. The predicted octanol–water partition coefficient (Wildman–Crippen LogP) is 4.66. The van der Waals surface area contributed by atoms with E-state index in [1.807, 2.05) is 0 Å². The molecule has 0 radical (unpaired) electrons. The molecule has 2 atom stereocenters. The molecule has 0 amide bonds. The molecule has 1 spiro atoms. The van der Waals surface area contributed by atoms with Crippen LogP contribution in [0.3, 0.4) is 0 Å². The zero-order chi connectivity index (χ0) is 17.3. The van der Waals surface area contributed by atoms with E-state index in [0.717, 1.165) is 58.2 Å². The Hall–Kier alpha value is -0.0900. The van der Waals surface area contributed by atoms with Crippen molar-refractivity contribution in [2.75, 3.05) is 25.7 Å². The first-order chi connectivity index (χ1) is 11.5. The standard InChI is InChI=1S/C20H33ClO3/c1-16-4-3-6-18(2,17(16)5-12-21)19(11-13-22)7-9-20(10-8-19)23-14-15-24-20/h4,17,22H,3,5-15H2,1-2H3/t17-,18-/m0/s1. The summed E-state index contributed by atoms with van der Waals surface area (Å²) < 4.78 is 11.9. The first-order valence-corrected chi connectivity index (χ1v) is 10.2. The van der Waals surface area contributed by atoms with E-state index < -0.39 is 0 Å². The molecule has 3 aliphatic rings. The second kappa shape index (κ2) is 7.26. The van der Waals surface area contributed by atoms with Gasteiger partial charge in [0.15, 0.2) is 5.79 Å². The summed E-state index contributed by atoms with van der Waals surface area (Å²) in [6.45, 7) is 6.45. The first-order valence-electron chi connectivity index (χ1n) is 9.62. The molecule has 1 saturated carbocycles. The van der Waals surface area contributed by atoms with Crippen LogP contribution in [0.25, 0.3) is 0 Å². The smallest absolute Gasteiger partial charge is 0.168 e. The Morgan fingerprint density at radius 3 is 2.42 bits per heavy atom. The number of hydrogen-bond donors (Lipinski definition) is 1. The highest BCUT2D eigenvalue weighted by atomic mass is 35.5.